The average molecular weight is 374 g/mol. The standard InChI is InChI=1S/C13H10Br2OS/c1-7-3-4-9(8(2)5-7)12(16)10-6-11(14)17-13(10)15/h3-6H,1-2H3. The smallest absolute Gasteiger partial charge is 0.195 e. The maximum Gasteiger partial charge on any atom is 0.195 e. The molecule has 2 aromatic rings. The van der Waals surface area contributed by atoms with Crippen molar-refractivity contribution < 1.29 is 4.79 Å². The second-order valence-electron chi connectivity index (χ2n) is 3.89. The monoisotopic (exact) mass is 372 g/mol. The van der Waals surface area contributed by atoms with Gasteiger partial charge in [-0.05, 0) is 57.3 Å². The summed E-state index contributed by atoms with van der Waals surface area (Å²) in [7, 11) is 0. The van der Waals surface area contributed by atoms with Crippen molar-refractivity contribution in [2.24, 2.45) is 0 Å². The van der Waals surface area contributed by atoms with Crippen LogP contribution in [0.2, 0.25) is 0 Å². The number of halogens is 2. The number of benzene rings is 1. The Hall–Kier alpha value is -0.450. The highest BCUT2D eigenvalue weighted by molar-refractivity contribution is 9.12. The molecule has 17 heavy (non-hydrogen) atoms. The van der Waals surface area contributed by atoms with Gasteiger partial charge in [-0.2, -0.15) is 0 Å². The minimum Gasteiger partial charge on any atom is -0.289 e. The lowest BCUT2D eigenvalue weighted by Gasteiger charge is -2.05. The molecule has 1 aromatic carbocycles. The SMILES string of the molecule is Cc1ccc(C(=O)c2cc(Br)sc2Br)c(C)c1. The Morgan fingerprint density at radius 1 is 1.12 bits per heavy atom. The van der Waals surface area contributed by atoms with E-state index in [1.54, 1.807) is 0 Å². The zero-order chi connectivity index (χ0) is 12.6. The maximum absolute atomic E-state index is 12.4. The molecule has 0 amide bonds. The van der Waals surface area contributed by atoms with Crippen LogP contribution in [0, 0.1) is 13.8 Å². The van der Waals surface area contributed by atoms with E-state index in [0.717, 1.165) is 18.7 Å². The van der Waals surface area contributed by atoms with Gasteiger partial charge in [0.25, 0.3) is 0 Å². The van der Waals surface area contributed by atoms with Crippen molar-refractivity contribution in [3.63, 3.8) is 0 Å². The number of aryl methyl sites for hydroxylation is 2. The summed E-state index contributed by atoms with van der Waals surface area (Å²) >= 11 is 8.33. The largest absolute Gasteiger partial charge is 0.289 e. The highest BCUT2D eigenvalue weighted by Crippen LogP contribution is 2.33. The lowest BCUT2D eigenvalue weighted by molar-refractivity contribution is 0.103. The number of ketones is 1. The van der Waals surface area contributed by atoms with E-state index in [1.165, 1.54) is 16.9 Å². The highest BCUT2D eigenvalue weighted by atomic mass is 79.9. The average Bonchev–Trinajstić information content (AvgIpc) is 2.57. The molecule has 1 nitrogen and oxygen atoms in total. The molecule has 0 bridgehead atoms. The van der Waals surface area contributed by atoms with E-state index in [9.17, 15) is 4.79 Å². The van der Waals surface area contributed by atoms with Gasteiger partial charge in [0.1, 0.15) is 0 Å². The van der Waals surface area contributed by atoms with Crippen molar-refractivity contribution in [1.29, 1.82) is 0 Å². The molecule has 0 unspecified atom stereocenters. The molecule has 0 radical (unpaired) electrons. The van der Waals surface area contributed by atoms with Crippen LogP contribution < -0.4 is 0 Å². The number of hydrogen-bond acceptors (Lipinski definition) is 2. The molecule has 0 aliphatic heterocycles. The van der Waals surface area contributed by atoms with Gasteiger partial charge in [0, 0.05) is 11.1 Å². The quantitative estimate of drug-likeness (QED) is 0.667. The molecule has 1 heterocycles. The fourth-order valence-electron chi connectivity index (χ4n) is 1.71. The Morgan fingerprint density at radius 3 is 2.35 bits per heavy atom. The predicted molar refractivity (Wildman–Crippen MR) is 79.1 cm³/mol. The molecule has 88 valence electrons. The van der Waals surface area contributed by atoms with Crippen molar-refractivity contribution in [2.75, 3.05) is 0 Å². The first-order valence-electron chi connectivity index (χ1n) is 5.06. The second kappa shape index (κ2) is 5.04. The van der Waals surface area contributed by atoms with E-state index in [-0.39, 0.29) is 5.78 Å². The van der Waals surface area contributed by atoms with Gasteiger partial charge in [-0.15, -0.1) is 11.3 Å². The zero-order valence-corrected chi connectivity index (χ0v) is 13.4. The summed E-state index contributed by atoms with van der Waals surface area (Å²) in [6.45, 7) is 3.99. The zero-order valence-electron chi connectivity index (χ0n) is 9.38. The molecule has 0 aliphatic rings. The summed E-state index contributed by atoms with van der Waals surface area (Å²) in [6, 6.07) is 7.75. The molecule has 2 rings (SSSR count). The summed E-state index contributed by atoms with van der Waals surface area (Å²) in [6.07, 6.45) is 0. The van der Waals surface area contributed by atoms with Crippen molar-refractivity contribution in [1.82, 2.24) is 0 Å². The van der Waals surface area contributed by atoms with Crippen LogP contribution >= 0.6 is 43.2 Å². The number of carbonyl (C=O) groups excluding carboxylic acids is 1. The van der Waals surface area contributed by atoms with Crippen molar-refractivity contribution in [3.05, 3.63) is 54.1 Å². The Bertz CT molecular complexity index is 587. The van der Waals surface area contributed by atoms with Gasteiger partial charge >= 0.3 is 0 Å². The third kappa shape index (κ3) is 2.69. The summed E-state index contributed by atoms with van der Waals surface area (Å²) in [5, 5.41) is 0. The maximum atomic E-state index is 12.4. The van der Waals surface area contributed by atoms with Crippen LogP contribution in [0.25, 0.3) is 0 Å². The molecule has 1 aromatic heterocycles. The van der Waals surface area contributed by atoms with E-state index in [0.29, 0.717) is 5.56 Å². The fourth-order valence-corrected chi connectivity index (χ4v) is 4.50. The summed E-state index contributed by atoms with van der Waals surface area (Å²) in [5.74, 6) is 0.0660. The van der Waals surface area contributed by atoms with Gasteiger partial charge in [-0.25, -0.2) is 0 Å². The summed E-state index contributed by atoms with van der Waals surface area (Å²) < 4.78 is 1.83. The molecule has 0 spiro atoms. The number of thiophene rings is 1. The van der Waals surface area contributed by atoms with Crippen LogP contribution in [-0.2, 0) is 0 Å². The minimum absolute atomic E-state index is 0.0660. The molecule has 0 saturated carbocycles. The van der Waals surface area contributed by atoms with Crippen LogP contribution in [0.15, 0.2) is 31.8 Å². The van der Waals surface area contributed by atoms with Crippen LogP contribution in [0.1, 0.15) is 27.0 Å². The van der Waals surface area contributed by atoms with Crippen LogP contribution in [0.4, 0.5) is 0 Å². The molecule has 0 fully saturated rings. The Kier molecular flexibility index (Phi) is 3.85. The first kappa shape index (κ1) is 13.0. The summed E-state index contributed by atoms with van der Waals surface area (Å²) in [4.78, 5) is 12.4. The molecular weight excluding hydrogens is 364 g/mol. The minimum atomic E-state index is 0.0660. The molecule has 4 heteroatoms. The van der Waals surface area contributed by atoms with Gasteiger partial charge < -0.3 is 0 Å². The van der Waals surface area contributed by atoms with Crippen LogP contribution in [0.5, 0.6) is 0 Å². The Balaban J connectivity index is 2.47. The van der Waals surface area contributed by atoms with Crippen LogP contribution in [0.3, 0.4) is 0 Å². The van der Waals surface area contributed by atoms with Gasteiger partial charge in [-0.1, -0.05) is 23.8 Å². The molecule has 0 N–H and O–H groups in total. The Morgan fingerprint density at radius 2 is 1.82 bits per heavy atom. The molecule has 0 saturated heterocycles. The molecular formula is C13H10Br2OS. The molecule has 0 aliphatic carbocycles. The van der Waals surface area contributed by atoms with Gasteiger partial charge in [0.05, 0.1) is 7.57 Å². The van der Waals surface area contributed by atoms with Crippen LogP contribution in [-0.4, -0.2) is 5.78 Å². The number of rotatable bonds is 2. The third-order valence-corrected chi connectivity index (χ3v) is 4.87. The Labute approximate surface area is 121 Å². The summed E-state index contributed by atoms with van der Waals surface area (Å²) in [5.41, 5.74) is 3.67. The van der Waals surface area contributed by atoms with Crippen molar-refractivity contribution >= 4 is 49.0 Å². The number of hydrogen-bond donors (Lipinski definition) is 0. The highest BCUT2D eigenvalue weighted by Gasteiger charge is 2.17. The lowest BCUT2D eigenvalue weighted by Crippen LogP contribution is -2.03. The third-order valence-electron chi connectivity index (χ3n) is 2.53. The van der Waals surface area contributed by atoms with E-state index in [4.69, 9.17) is 0 Å². The normalized spacial score (nSPS) is 10.6. The predicted octanol–water partition coefficient (Wildman–Crippen LogP) is 5.12. The van der Waals surface area contributed by atoms with Crippen molar-refractivity contribution in [2.45, 2.75) is 13.8 Å². The molecule has 0 atom stereocenters. The lowest BCUT2D eigenvalue weighted by atomic mass is 9.99. The van der Waals surface area contributed by atoms with Gasteiger partial charge in [0.2, 0.25) is 0 Å². The van der Waals surface area contributed by atoms with E-state index >= 15 is 0 Å². The fraction of sp³-hybridized carbons (Fsp3) is 0.154. The number of carbonyl (C=O) groups is 1. The van der Waals surface area contributed by atoms with Gasteiger partial charge in [-0.3, -0.25) is 4.79 Å². The van der Waals surface area contributed by atoms with Gasteiger partial charge in [0.15, 0.2) is 5.78 Å². The first-order chi connectivity index (χ1) is 7.99. The first-order valence-corrected chi connectivity index (χ1v) is 7.46. The van der Waals surface area contributed by atoms with E-state index in [2.05, 4.69) is 31.9 Å². The van der Waals surface area contributed by atoms with E-state index in [1.807, 2.05) is 38.1 Å². The topological polar surface area (TPSA) is 17.1 Å². The van der Waals surface area contributed by atoms with Crippen molar-refractivity contribution in [3.8, 4) is 0 Å². The van der Waals surface area contributed by atoms with E-state index < -0.39 is 0 Å². The second-order valence-corrected chi connectivity index (χ2v) is 7.63.